The van der Waals surface area contributed by atoms with E-state index in [1.54, 1.807) is 35.2 Å². The van der Waals surface area contributed by atoms with Gasteiger partial charge >= 0.3 is 5.69 Å². The summed E-state index contributed by atoms with van der Waals surface area (Å²) in [5, 5.41) is 0. The molecular weight excluding hydrogens is 446 g/mol. The van der Waals surface area contributed by atoms with E-state index in [0.717, 1.165) is 15.0 Å². The van der Waals surface area contributed by atoms with Crippen LogP contribution >= 0.6 is 0 Å². The minimum Gasteiger partial charge on any atom is -0.324 e. The molecule has 3 heterocycles. The van der Waals surface area contributed by atoms with Crippen molar-refractivity contribution >= 4 is 23.0 Å². The summed E-state index contributed by atoms with van der Waals surface area (Å²) in [7, 11) is 0. The van der Waals surface area contributed by atoms with Gasteiger partial charge in [-0.05, 0) is 23.6 Å². The number of aromatic nitrogens is 4. The lowest BCUT2D eigenvalue weighted by molar-refractivity contribution is 0.0648. The zero-order chi connectivity index (χ0) is 24.7. The molecule has 0 saturated heterocycles. The van der Waals surface area contributed by atoms with E-state index in [0.29, 0.717) is 28.8 Å². The highest BCUT2D eigenvalue weighted by Gasteiger charge is 2.35. The summed E-state index contributed by atoms with van der Waals surface area (Å²) in [6.45, 7) is 4.67. The third kappa shape index (κ3) is 3.88. The van der Waals surface area contributed by atoms with Crippen molar-refractivity contribution in [2.24, 2.45) is 5.92 Å². The minimum absolute atomic E-state index is 0.0867. The van der Waals surface area contributed by atoms with Gasteiger partial charge in [0.25, 0.3) is 17.4 Å². The molecule has 2 amide bonds. The molecule has 4 aromatic rings. The maximum Gasteiger partial charge on any atom is 0.333 e. The summed E-state index contributed by atoms with van der Waals surface area (Å²) >= 11 is 0. The van der Waals surface area contributed by atoms with Crippen LogP contribution in [0.15, 0.2) is 70.5 Å². The van der Waals surface area contributed by atoms with Crippen molar-refractivity contribution in [3.63, 3.8) is 0 Å². The largest absolute Gasteiger partial charge is 0.333 e. The third-order valence-electron chi connectivity index (χ3n) is 6.15. The SMILES string of the molecule is CC(C)Cn1cnc2c1c(=O)n(CCN1C(=O)c3ccccc3C1=O)c(=O)n2Cc1ccccc1. The lowest BCUT2D eigenvalue weighted by Gasteiger charge is -2.17. The lowest BCUT2D eigenvalue weighted by Crippen LogP contribution is -2.44. The summed E-state index contributed by atoms with van der Waals surface area (Å²) in [5.74, 6) is -0.587. The molecule has 0 aliphatic carbocycles. The maximum absolute atomic E-state index is 13.5. The molecule has 0 bridgehead atoms. The summed E-state index contributed by atoms with van der Waals surface area (Å²) in [6.07, 6.45) is 1.58. The van der Waals surface area contributed by atoms with Crippen molar-refractivity contribution in [2.75, 3.05) is 6.54 Å². The molecule has 35 heavy (non-hydrogen) atoms. The molecule has 9 heteroatoms. The summed E-state index contributed by atoms with van der Waals surface area (Å²) < 4.78 is 4.35. The Hall–Kier alpha value is -4.27. The number of imidazole rings is 1. The van der Waals surface area contributed by atoms with E-state index in [1.807, 2.05) is 44.2 Å². The van der Waals surface area contributed by atoms with E-state index in [1.165, 1.54) is 4.57 Å². The molecule has 0 radical (unpaired) electrons. The lowest BCUT2D eigenvalue weighted by atomic mass is 10.1. The van der Waals surface area contributed by atoms with E-state index in [4.69, 9.17) is 0 Å². The second kappa shape index (κ2) is 8.83. The molecule has 0 N–H and O–H groups in total. The molecule has 2 aromatic heterocycles. The van der Waals surface area contributed by atoms with Crippen LogP contribution in [0.4, 0.5) is 0 Å². The first-order valence-electron chi connectivity index (χ1n) is 11.5. The van der Waals surface area contributed by atoms with Crippen LogP contribution in [-0.4, -0.2) is 41.9 Å². The van der Waals surface area contributed by atoms with Crippen molar-refractivity contribution in [3.8, 4) is 0 Å². The highest BCUT2D eigenvalue weighted by Crippen LogP contribution is 2.22. The van der Waals surface area contributed by atoms with Crippen LogP contribution < -0.4 is 11.2 Å². The van der Waals surface area contributed by atoms with Crippen LogP contribution in [0.1, 0.15) is 40.1 Å². The van der Waals surface area contributed by atoms with Crippen molar-refractivity contribution < 1.29 is 9.59 Å². The third-order valence-corrected chi connectivity index (χ3v) is 6.15. The predicted octanol–water partition coefficient (Wildman–Crippen LogP) is 2.36. The average Bonchev–Trinajstić information content (AvgIpc) is 3.36. The zero-order valence-corrected chi connectivity index (χ0v) is 19.5. The maximum atomic E-state index is 13.5. The van der Waals surface area contributed by atoms with Gasteiger partial charge in [-0.25, -0.2) is 9.78 Å². The predicted molar refractivity (Wildman–Crippen MR) is 130 cm³/mol. The summed E-state index contributed by atoms with van der Waals surface area (Å²) in [5.41, 5.74) is 1.19. The fourth-order valence-corrected chi connectivity index (χ4v) is 4.52. The number of carbonyl (C=O) groups excluding carboxylic acids is 2. The highest BCUT2D eigenvalue weighted by molar-refractivity contribution is 6.21. The van der Waals surface area contributed by atoms with Crippen molar-refractivity contribution in [1.29, 1.82) is 0 Å². The van der Waals surface area contributed by atoms with Crippen molar-refractivity contribution in [2.45, 2.75) is 33.5 Å². The Morgan fingerprint density at radius 2 is 1.43 bits per heavy atom. The van der Waals surface area contributed by atoms with Gasteiger partial charge in [0, 0.05) is 19.6 Å². The molecule has 178 valence electrons. The Labute approximate surface area is 200 Å². The van der Waals surface area contributed by atoms with Gasteiger partial charge in [-0.2, -0.15) is 0 Å². The fourth-order valence-electron chi connectivity index (χ4n) is 4.52. The number of hydrogen-bond donors (Lipinski definition) is 0. The van der Waals surface area contributed by atoms with Gasteiger partial charge in [0.1, 0.15) is 0 Å². The van der Waals surface area contributed by atoms with Gasteiger partial charge in [0.15, 0.2) is 11.2 Å². The number of fused-ring (bicyclic) bond motifs is 2. The van der Waals surface area contributed by atoms with Crippen LogP contribution in [0.5, 0.6) is 0 Å². The highest BCUT2D eigenvalue weighted by atomic mass is 16.2. The zero-order valence-electron chi connectivity index (χ0n) is 19.5. The van der Waals surface area contributed by atoms with E-state index in [2.05, 4.69) is 4.98 Å². The first-order valence-corrected chi connectivity index (χ1v) is 11.5. The van der Waals surface area contributed by atoms with Crippen LogP contribution in [0.3, 0.4) is 0 Å². The number of benzene rings is 2. The first-order chi connectivity index (χ1) is 16.9. The molecule has 1 aliphatic rings. The van der Waals surface area contributed by atoms with Crippen LogP contribution in [0, 0.1) is 5.92 Å². The summed E-state index contributed by atoms with van der Waals surface area (Å²) in [4.78, 5) is 58.1. The van der Waals surface area contributed by atoms with E-state index in [9.17, 15) is 19.2 Å². The van der Waals surface area contributed by atoms with Gasteiger partial charge in [-0.15, -0.1) is 0 Å². The van der Waals surface area contributed by atoms with Gasteiger partial charge < -0.3 is 4.57 Å². The van der Waals surface area contributed by atoms with Crippen LogP contribution in [0.25, 0.3) is 11.2 Å². The number of imide groups is 1. The molecular formula is C26H25N5O4. The number of amides is 2. The van der Waals surface area contributed by atoms with E-state index >= 15 is 0 Å². The normalized spacial score (nSPS) is 13.3. The molecule has 0 unspecified atom stereocenters. The smallest absolute Gasteiger partial charge is 0.324 e. The average molecular weight is 472 g/mol. The molecule has 2 aromatic carbocycles. The first kappa shape index (κ1) is 22.5. The number of rotatable bonds is 7. The van der Waals surface area contributed by atoms with Gasteiger partial charge in [-0.3, -0.25) is 28.4 Å². The van der Waals surface area contributed by atoms with E-state index in [-0.39, 0.29) is 25.6 Å². The molecule has 0 atom stereocenters. The fraction of sp³-hybridized carbons (Fsp3) is 0.269. The van der Waals surface area contributed by atoms with E-state index < -0.39 is 23.1 Å². The molecule has 0 fully saturated rings. The molecule has 1 aliphatic heterocycles. The standard InChI is InChI=1S/C26H25N5O4/c1-17(2)14-28-16-27-22-21(28)25(34)30(26(35)31(22)15-18-8-4-3-5-9-18)13-12-29-23(32)19-10-6-7-11-20(19)24(29)33/h3-11,16-17H,12-15H2,1-2H3. The molecule has 5 rings (SSSR count). The Kier molecular flexibility index (Phi) is 5.68. The molecule has 0 saturated carbocycles. The van der Waals surface area contributed by atoms with Gasteiger partial charge in [0.2, 0.25) is 0 Å². The quantitative estimate of drug-likeness (QED) is 0.385. The topological polar surface area (TPSA) is 99.2 Å². The number of hydrogen-bond acceptors (Lipinski definition) is 5. The van der Waals surface area contributed by atoms with Gasteiger partial charge in [-0.1, -0.05) is 56.3 Å². The second-order valence-corrected chi connectivity index (χ2v) is 9.08. The monoisotopic (exact) mass is 471 g/mol. The molecule has 0 spiro atoms. The molecule has 9 nitrogen and oxygen atoms in total. The Balaban J connectivity index is 1.57. The van der Waals surface area contributed by atoms with Crippen molar-refractivity contribution in [1.82, 2.24) is 23.6 Å². The Morgan fingerprint density at radius 3 is 2.06 bits per heavy atom. The minimum atomic E-state index is -0.530. The Bertz CT molecular complexity index is 1530. The van der Waals surface area contributed by atoms with Crippen molar-refractivity contribution in [3.05, 3.63) is 98.5 Å². The summed E-state index contributed by atoms with van der Waals surface area (Å²) in [6, 6.07) is 16.1. The van der Waals surface area contributed by atoms with Gasteiger partial charge in [0.05, 0.1) is 24.0 Å². The number of nitrogens with zero attached hydrogens (tertiary/aromatic N) is 5. The van der Waals surface area contributed by atoms with Crippen LogP contribution in [0.2, 0.25) is 0 Å². The second-order valence-electron chi connectivity index (χ2n) is 9.08. The number of carbonyl (C=O) groups is 2. The van der Waals surface area contributed by atoms with Crippen LogP contribution in [-0.2, 0) is 19.6 Å². The Morgan fingerprint density at radius 1 is 0.800 bits per heavy atom.